The molecular formula is C20H28ClNO3. The molecule has 1 N–H and O–H groups in total. The molecule has 0 bridgehead atoms. The molecule has 138 valence electrons. The average molecular weight is 366 g/mol. The van der Waals surface area contributed by atoms with E-state index in [4.69, 9.17) is 20.8 Å². The first-order chi connectivity index (χ1) is 11.9. The number of ether oxygens (including phenoxy) is 1. The Labute approximate surface area is 155 Å². The SMILES string of the molecule is Cc1ccc(CN(CCC(C)C)C[C@H](O)COc2ccc(Cl)cc2)o1. The van der Waals surface area contributed by atoms with Crippen LogP contribution in [0.3, 0.4) is 0 Å². The van der Waals surface area contributed by atoms with E-state index < -0.39 is 6.10 Å². The van der Waals surface area contributed by atoms with Gasteiger partial charge in [0.2, 0.25) is 0 Å². The van der Waals surface area contributed by atoms with Gasteiger partial charge in [0.15, 0.2) is 0 Å². The van der Waals surface area contributed by atoms with Crippen LogP contribution in [0.25, 0.3) is 0 Å². The Hall–Kier alpha value is -1.49. The van der Waals surface area contributed by atoms with Crippen LogP contribution in [0.1, 0.15) is 31.8 Å². The Morgan fingerprint density at radius 3 is 2.48 bits per heavy atom. The van der Waals surface area contributed by atoms with E-state index in [0.717, 1.165) is 24.5 Å². The number of rotatable bonds is 10. The van der Waals surface area contributed by atoms with Gasteiger partial charge >= 0.3 is 0 Å². The molecule has 0 aliphatic rings. The number of aryl methyl sites for hydroxylation is 1. The molecule has 0 spiro atoms. The summed E-state index contributed by atoms with van der Waals surface area (Å²) in [5.41, 5.74) is 0. The second kappa shape index (κ2) is 9.85. The fourth-order valence-corrected chi connectivity index (χ4v) is 2.67. The normalized spacial score (nSPS) is 12.8. The van der Waals surface area contributed by atoms with Gasteiger partial charge in [-0.3, -0.25) is 4.90 Å². The summed E-state index contributed by atoms with van der Waals surface area (Å²) in [7, 11) is 0. The summed E-state index contributed by atoms with van der Waals surface area (Å²) in [5, 5.41) is 11.0. The molecule has 1 aromatic carbocycles. The minimum absolute atomic E-state index is 0.247. The maximum atomic E-state index is 10.4. The van der Waals surface area contributed by atoms with Crippen LogP contribution in [0.15, 0.2) is 40.8 Å². The highest BCUT2D eigenvalue weighted by atomic mass is 35.5. The van der Waals surface area contributed by atoms with Crippen molar-refractivity contribution >= 4 is 11.6 Å². The van der Waals surface area contributed by atoms with Gasteiger partial charge in [0, 0.05) is 11.6 Å². The zero-order chi connectivity index (χ0) is 18.2. The minimum Gasteiger partial charge on any atom is -0.491 e. The van der Waals surface area contributed by atoms with E-state index >= 15 is 0 Å². The molecule has 0 fully saturated rings. The number of benzene rings is 1. The molecule has 0 unspecified atom stereocenters. The van der Waals surface area contributed by atoms with Crippen molar-refractivity contribution in [3.05, 3.63) is 52.9 Å². The first-order valence-electron chi connectivity index (χ1n) is 8.76. The summed E-state index contributed by atoms with van der Waals surface area (Å²) in [6.07, 6.45) is 0.503. The Morgan fingerprint density at radius 2 is 1.88 bits per heavy atom. The lowest BCUT2D eigenvalue weighted by Crippen LogP contribution is -2.36. The predicted molar refractivity (Wildman–Crippen MR) is 101 cm³/mol. The number of aliphatic hydroxyl groups is 1. The lowest BCUT2D eigenvalue weighted by atomic mass is 10.1. The summed E-state index contributed by atoms with van der Waals surface area (Å²) < 4.78 is 11.3. The van der Waals surface area contributed by atoms with Crippen molar-refractivity contribution in [2.45, 2.75) is 39.8 Å². The van der Waals surface area contributed by atoms with E-state index in [1.165, 1.54) is 0 Å². The number of nitrogens with zero attached hydrogens (tertiary/aromatic N) is 1. The van der Waals surface area contributed by atoms with Gasteiger partial charge in [-0.25, -0.2) is 0 Å². The second-order valence-electron chi connectivity index (χ2n) is 6.85. The van der Waals surface area contributed by atoms with Crippen molar-refractivity contribution in [2.24, 2.45) is 5.92 Å². The Morgan fingerprint density at radius 1 is 1.16 bits per heavy atom. The fraction of sp³-hybridized carbons (Fsp3) is 0.500. The highest BCUT2D eigenvalue weighted by Crippen LogP contribution is 2.16. The van der Waals surface area contributed by atoms with E-state index in [-0.39, 0.29) is 6.61 Å². The van der Waals surface area contributed by atoms with Gasteiger partial charge < -0.3 is 14.3 Å². The van der Waals surface area contributed by atoms with Crippen LogP contribution < -0.4 is 4.74 Å². The van der Waals surface area contributed by atoms with Crippen LogP contribution in [0.2, 0.25) is 5.02 Å². The van der Waals surface area contributed by atoms with E-state index in [1.54, 1.807) is 24.3 Å². The molecule has 4 nitrogen and oxygen atoms in total. The molecule has 1 aromatic heterocycles. The minimum atomic E-state index is -0.570. The average Bonchev–Trinajstić information content (AvgIpc) is 2.97. The molecule has 1 atom stereocenters. The number of furan rings is 1. The summed E-state index contributed by atoms with van der Waals surface area (Å²) in [4.78, 5) is 2.22. The molecule has 0 aliphatic carbocycles. The molecule has 0 radical (unpaired) electrons. The number of hydrogen-bond acceptors (Lipinski definition) is 4. The molecular weight excluding hydrogens is 338 g/mol. The lowest BCUT2D eigenvalue weighted by molar-refractivity contribution is 0.0615. The maximum Gasteiger partial charge on any atom is 0.119 e. The second-order valence-corrected chi connectivity index (χ2v) is 7.29. The largest absolute Gasteiger partial charge is 0.491 e. The van der Waals surface area contributed by atoms with Crippen LogP contribution in [0.5, 0.6) is 5.75 Å². The summed E-state index contributed by atoms with van der Waals surface area (Å²) in [6.45, 7) is 8.74. The van der Waals surface area contributed by atoms with Gasteiger partial charge in [0.05, 0.1) is 6.54 Å². The zero-order valence-electron chi connectivity index (χ0n) is 15.2. The third-order valence-electron chi connectivity index (χ3n) is 3.92. The molecule has 0 saturated heterocycles. The monoisotopic (exact) mass is 365 g/mol. The molecule has 0 saturated carbocycles. The van der Waals surface area contributed by atoms with Gasteiger partial charge in [-0.2, -0.15) is 0 Å². The summed E-state index contributed by atoms with van der Waals surface area (Å²) in [6, 6.07) is 11.1. The van der Waals surface area contributed by atoms with Crippen LogP contribution in [-0.2, 0) is 6.54 Å². The standard InChI is InChI=1S/C20H28ClNO3/c1-15(2)10-11-22(13-20-7-4-16(3)25-20)12-18(23)14-24-19-8-5-17(21)6-9-19/h4-9,15,18,23H,10-14H2,1-3H3/t18-/m0/s1. The number of aliphatic hydroxyl groups excluding tert-OH is 1. The molecule has 5 heteroatoms. The quantitative estimate of drug-likeness (QED) is 0.672. The highest BCUT2D eigenvalue weighted by molar-refractivity contribution is 6.30. The Balaban J connectivity index is 1.86. The van der Waals surface area contributed by atoms with E-state index in [1.807, 2.05) is 19.1 Å². The molecule has 2 aromatic rings. The molecule has 0 aliphatic heterocycles. The van der Waals surface area contributed by atoms with Crippen LogP contribution in [0, 0.1) is 12.8 Å². The third kappa shape index (κ3) is 7.51. The molecule has 25 heavy (non-hydrogen) atoms. The lowest BCUT2D eigenvalue weighted by Gasteiger charge is -2.25. The molecule has 0 amide bonds. The van der Waals surface area contributed by atoms with Gasteiger partial charge in [0.25, 0.3) is 0 Å². The summed E-state index contributed by atoms with van der Waals surface area (Å²) in [5.74, 6) is 3.15. The third-order valence-corrected chi connectivity index (χ3v) is 4.18. The van der Waals surface area contributed by atoms with Crippen molar-refractivity contribution in [3.63, 3.8) is 0 Å². The van der Waals surface area contributed by atoms with Gasteiger partial charge in [-0.05, 0) is 62.2 Å². The Kier molecular flexibility index (Phi) is 7.82. The maximum absolute atomic E-state index is 10.4. The fourth-order valence-electron chi connectivity index (χ4n) is 2.54. The Bertz CT molecular complexity index is 624. The zero-order valence-corrected chi connectivity index (χ0v) is 16.0. The molecule has 2 rings (SSSR count). The van der Waals surface area contributed by atoms with Crippen molar-refractivity contribution in [1.29, 1.82) is 0 Å². The topological polar surface area (TPSA) is 45.8 Å². The first-order valence-corrected chi connectivity index (χ1v) is 9.14. The number of hydrogen-bond donors (Lipinski definition) is 1. The van der Waals surface area contributed by atoms with Crippen molar-refractivity contribution in [3.8, 4) is 5.75 Å². The van der Waals surface area contributed by atoms with Crippen LogP contribution in [0.4, 0.5) is 0 Å². The van der Waals surface area contributed by atoms with E-state index in [2.05, 4.69) is 18.7 Å². The van der Waals surface area contributed by atoms with Gasteiger partial charge in [0.1, 0.15) is 30.0 Å². The van der Waals surface area contributed by atoms with Crippen molar-refractivity contribution < 1.29 is 14.3 Å². The predicted octanol–water partition coefficient (Wildman–Crippen LogP) is 4.53. The van der Waals surface area contributed by atoms with E-state index in [0.29, 0.717) is 29.8 Å². The van der Waals surface area contributed by atoms with Crippen LogP contribution >= 0.6 is 11.6 Å². The van der Waals surface area contributed by atoms with Crippen molar-refractivity contribution in [1.82, 2.24) is 4.90 Å². The highest BCUT2D eigenvalue weighted by Gasteiger charge is 2.15. The first kappa shape index (κ1) is 19.8. The number of halogens is 1. The van der Waals surface area contributed by atoms with Crippen molar-refractivity contribution in [2.75, 3.05) is 19.7 Å². The van der Waals surface area contributed by atoms with Gasteiger partial charge in [-0.15, -0.1) is 0 Å². The van der Waals surface area contributed by atoms with Crippen LogP contribution in [-0.4, -0.2) is 35.8 Å². The van der Waals surface area contributed by atoms with E-state index in [9.17, 15) is 5.11 Å². The smallest absolute Gasteiger partial charge is 0.119 e. The molecule has 1 heterocycles. The summed E-state index contributed by atoms with van der Waals surface area (Å²) >= 11 is 5.86. The van der Waals surface area contributed by atoms with Gasteiger partial charge in [-0.1, -0.05) is 25.4 Å².